The van der Waals surface area contributed by atoms with Gasteiger partial charge < -0.3 is 15.4 Å². The van der Waals surface area contributed by atoms with E-state index in [0.717, 1.165) is 4.90 Å². The average Bonchev–Trinajstić information content (AvgIpc) is 2.61. The predicted octanol–water partition coefficient (Wildman–Crippen LogP) is 2.79. The topological polar surface area (TPSA) is 67.4 Å². The summed E-state index contributed by atoms with van der Waals surface area (Å²) in [7, 11) is 1.57. The van der Waals surface area contributed by atoms with Gasteiger partial charge >= 0.3 is 0 Å². The standard InChI is InChI=1S/C18H20N2O3S/c1-23-12-11-19-18(22)15-9-5-6-10-16(15)20-17(21)13-24-14-7-3-2-4-8-14/h2-10H,11-13H2,1H3,(H,19,22)(H,20,21). The highest BCUT2D eigenvalue weighted by molar-refractivity contribution is 8.00. The highest BCUT2D eigenvalue weighted by atomic mass is 32.2. The lowest BCUT2D eigenvalue weighted by Gasteiger charge is -2.11. The van der Waals surface area contributed by atoms with E-state index in [4.69, 9.17) is 4.74 Å². The zero-order valence-electron chi connectivity index (χ0n) is 13.5. The van der Waals surface area contributed by atoms with Crippen LogP contribution in [0.2, 0.25) is 0 Å². The van der Waals surface area contributed by atoms with Crippen LogP contribution in [0.5, 0.6) is 0 Å². The number of amides is 2. The molecule has 0 saturated carbocycles. The van der Waals surface area contributed by atoms with Crippen LogP contribution < -0.4 is 10.6 Å². The lowest BCUT2D eigenvalue weighted by atomic mass is 10.1. The molecule has 0 aliphatic heterocycles. The van der Waals surface area contributed by atoms with Crippen molar-refractivity contribution >= 4 is 29.3 Å². The van der Waals surface area contributed by atoms with Crippen molar-refractivity contribution < 1.29 is 14.3 Å². The number of nitrogens with one attached hydrogen (secondary N) is 2. The summed E-state index contributed by atoms with van der Waals surface area (Å²) < 4.78 is 4.91. The second-order valence-corrected chi connectivity index (χ2v) is 5.99. The van der Waals surface area contributed by atoms with Gasteiger partial charge in [-0.2, -0.15) is 0 Å². The van der Waals surface area contributed by atoms with E-state index in [9.17, 15) is 9.59 Å². The SMILES string of the molecule is COCCNC(=O)c1ccccc1NC(=O)CSc1ccccc1. The first-order valence-corrected chi connectivity index (χ1v) is 8.53. The van der Waals surface area contributed by atoms with Crippen molar-refractivity contribution in [3.05, 3.63) is 60.2 Å². The van der Waals surface area contributed by atoms with Gasteiger partial charge in [0.15, 0.2) is 0 Å². The second-order valence-electron chi connectivity index (χ2n) is 4.94. The average molecular weight is 344 g/mol. The Morgan fingerprint density at radius 2 is 1.75 bits per heavy atom. The number of carbonyl (C=O) groups is 2. The van der Waals surface area contributed by atoms with Gasteiger partial charge in [-0.05, 0) is 24.3 Å². The van der Waals surface area contributed by atoms with E-state index in [1.165, 1.54) is 11.8 Å². The van der Waals surface area contributed by atoms with Crippen molar-refractivity contribution in [2.45, 2.75) is 4.90 Å². The Labute approximate surface area is 145 Å². The molecule has 0 radical (unpaired) electrons. The van der Waals surface area contributed by atoms with Crippen molar-refractivity contribution in [3.63, 3.8) is 0 Å². The smallest absolute Gasteiger partial charge is 0.253 e. The largest absolute Gasteiger partial charge is 0.383 e. The molecule has 6 heteroatoms. The van der Waals surface area contributed by atoms with Crippen LogP contribution in [0.15, 0.2) is 59.5 Å². The third-order valence-electron chi connectivity index (χ3n) is 3.15. The van der Waals surface area contributed by atoms with Gasteiger partial charge in [0, 0.05) is 18.6 Å². The molecule has 0 spiro atoms. The molecule has 0 aliphatic carbocycles. The summed E-state index contributed by atoms with van der Waals surface area (Å²) in [6.07, 6.45) is 0. The predicted molar refractivity (Wildman–Crippen MR) is 96.4 cm³/mol. The lowest BCUT2D eigenvalue weighted by Crippen LogP contribution is -2.28. The van der Waals surface area contributed by atoms with Gasteiger partial charge in [-0.15, -0.1) is 11.8 Å². The van der Waals surface area contributed by atoms with Crippen molar-refractivity contribution in [1.29, 1.82) is 0 Å². The number of hydrogen-bond donors (Lipinski definition) is 2. The Morgan fingerprint density at radius 1 is 1.04 bits per heavy atom. The Morgan fingerprint density at radius 3 is 2.50 bits per heavy atom. The van der Waals surface area contributed by atoms with Gasteiger partial charge in [-0.3, -0.25) is 9.59 Å². The molecule has 2 N–H and O–H groups in total. The van der Waals surface area contributed by atoms with Crippen molar-refractivity contribution in [2.75, 3.05) is 31.3 Å². The Balaban J connectivity index is 1.94. The first kappa shape index (κ1) is 18.0. The first-order valence-electron chi connectivity index (χ1n) is 7.54. The van der Waals surface area contributed by atoms with Gasteiger partial charge in [0.2, 0.25) is 5.91 Å². The summed E-state index contributed by atoms with van der Waals surface area (Å²) in [6, 6.07) is 16.6. The molecular formula is C18H20N2O3S. The molecule has 2 aromatic carbocycles. The minimum absolute atomic E-state index is 0.152. The van der Waals surface area contributed by atoms with Crippen LogP contribution in [-0.4, -0.2) is 37.8 Å². The van der Waals surface area contributed by atoms with E-state index in [0.29, 0.717) is 24.4 Å². The molecule has 0 unspecified atom stereocenters. The van der Waals surface area contributed by atoms with Crippen LogP contribution in [0.1, 0.15) is 10.4 Å². The summed E-state index contributed by atoms with van der Waals surface area (Å²) in [6.45, 7) is 0.857. The van der Waals surface area contributed by atoms with Crippen LogP contribution >= 0.6 is 11.8 Å². The Kier molecular flexibility index (Phi) is 7.32. The molecule has 0 aliphatic rings. The molecule has 24 heavy (non-hydrogen) atoms. The van der Waals surface area contributed by atoms with Crippen molar-refractivity contribution in [1.82, 2.24) is 5.32 Å². The normalized spacial score (nSPS) is 10.2. The van der Waals surface area contributed by atoms with Gasteiger partial charge in [0.05, 0.1) is 23.6 Å². The molecular weight excluding hydrogens is 324 g/mol. The molecule has 126 valence electrons. The summed E-state index contributed by atoms with van der Waals surface area (Å²) in [5, 5.41) is 5.55. The fraction of sp³-hybridized carbons (Fsp3) is 0.222. The number of thioether (sulfide) groups is 1. The molecule has 5 nitrogen and oxygen atoms in total. The quantitative estimate of drug-likeness (QED) is 0.571. The lowest BCUT2D eigenvalue weighted by molar-refractivity contribution is -0.113. The maximum Gasteiger partial charge on any atom is 0.253 e. The Bertz CT molecular complexity index is 677. The maximum absolute atomic E-state index is 12.2. The number of methoxy groups -OCH3 is 1. The monoisotopic (exact) mass is 344 g/mol. The molecule has 0 heterocycles. The van der Waals surface area contributed by atoms with E-state index < -0.39 is 0 Å². The first-order chi connectivity index (χ1) is 11.7. The Hall–Kier alpha value is -2.31. The molecule has 2 rings (SSSR count). The van der Waals surface area contributed by atoms with E-state index in [-0.39, 0.29) is 17.6 Å². The number of carbonyl (C=O) groups excluding carboxylic acids is 2. The summed E-state index contributed by atoms with van der Waals surface area (Å²) in [5.41, 5.74) is 0.942. The van der Waals surface area contributed by atoms with E-state index in [1.807, 2.05) is 30.3 Å². The van der Waals surface area contributed by atoms with E-state index in [2.05, 4.69) is 10.6 Å². The third-order valence-corrected chi connectivity index (χ3v) is 4.16. The minimum atomic E-state index is -0.237. The molecule has 0 atom stereocenters. The van der Waals surface area contributed by atoms with Gasteiger partial charge in [-0.25, -0.2) is 0 Å². The fourth-order valence-corrected chi connectivity index (χ4v) is 2.72. The zero-order valence-corrected chi connectivity index (χ0v) is 14.3. The summed E-state index contributed by atoms with van der Waals surface area (Å²) in [4.78, 5) is 25.3. The highest BCUT2D eigenvalue weighted by Crippen LogP contribution is 2.19. The van der Waals surface area contributed by atoms with Gasteiger partial charge in [0.25, 0.3) is 5.91 Å². The van der Waals surface area contributed by atoms with E-state index >= 15 is 0 Å². The van der Waals surface area contributed by atoms with Crippen LogP contribution in [0.25, 0.3) is 0 Å². The van der Waals surface area contributed by atoms with Crippen LogP contribution in [0, 0.1) is 0 Å². The third kappa shape index (κ3) is 5.72. The highest BCUT2D eigenvalue weighted by Gasteiger charge is 2.12. The van der Waals surface area contributed by atoms with Crippen LogP contribution in [-0.2, 0) is 9.53 Å². The number of ether oxygens (including phenoxy) is 1. The van der Waals surface area contributed by atoms with Gasteiger partial charge in [-0.1, -0.05) is 30.3 Å². The number of para-hydroxylation sites is 1. The second kappa shape index (κ2) is 9.75. The summed E-state index contributed by atoms with van der Waals surface area (Å²) in [5.74, 6) is -0.108. The number of benzene rings is 2. The molecule has 0 bridgehead atoms. The number of anilines is 1. The molecule has 0 aromatic heterocycles. The van der Waals surface area contributed by atoms with Crippen LogP contribution in [0.3, 0.4) is 0 Å². The van der Waals surface area contributed by atoms with Crippen molar-refractivity contribution in [3.8, 4) is 0 Å². The van der Waals surface area contributed by atoms with E-state index in [1.54, 1.807) is 31.4 Å². The molecule has 2 amide bonds. The maximum atomic E-state index is 12.2. The summed E-state index contributed by atoms with van der Waals surface area (Å²) >= 11 is 1.45. The number of rotatable bonds is 8. The van der Waals surface area contributed by atoms with Crippen molar-refractivity contribution in [2.24, 2.45) is 0 Å². The molecule has 2 aromatic rings. The zero-order chi connectivity index (χ0) is 17.2. The molecule has 0 saturated heterocycles. The van der Waals surface area contributed by atoms with Crippen LogP contribution in [0.4, 0.5) is 5.69 Å². The minimum Gasteiger partial charge on any atom is -0.383 e. The fourth-order valence-electron chi connectivity index (χ4n) is 2.00. The number of hydrogen-bond acceptors (Lipinski definition) is 4. The van der Waals surface area contributed by atoms with Gasteiger partial charge in [0.1, 0.15) is 0 Å². The molecule has 0 fully saturated rings.